The van der Waals surface area contributed by atoms with Crippen molar-refractivity contribution in [3.63, 3.8) is 0 Å². The van der Waals surface area contributed by atoms with Crippen molar-refractivity contribution in [1.29, 1.82) is 0 Å². The highest BCUT2D eigenvalue weighted by Gasteiger charge is 2.17. The van der Waals surface area contributed by atoms with Crippen LogP contribution in [0.15, 0.2) is 16.3 Å². The molecular formula is C7H10ClNO4S2. The van der Waals surface area contributed by atoms with Gasteiger partial charge in [-0.05, 0) is 12.1 Å². The van der Waals surface area contributed by atoms with Crippen molar-refractivity contribution >= 4 is 33.0 Å². The van der Waals surface area contributed by atoms with Crippen molar-refractivity contribution < 1.29 is 18.6 Å². The smallest absolute Gasteiger partial charge is 0.250 e. The van der Waals surface area contributed by atoms with Crippen LogP contribution in [-0.2, 0) is 10.0 Å². The van der Waals surface area contributed by atoms with E-state index in [-0.39, 0.29) is 10.8 Å². The van der Waals surface area contributed by atoms with E-state index in [0.29, 0.717) is 4.34 Å². The maximum Gasteiger partial charge on any atom is 0.250 e. The lowest BCUT2D eigenvalue weighted by Gasteiger charge is -2.08. The van der Waals surface area contributed by atoms with E-state index in [1.54, 1.807) is 0 Å². The number of thiophene rings is 1. The third-order valence-corrected chi connectivity index (χ3v) is 4.68. The van der Waals surface area contributed by atoms with Crippen molar-refractivity contribution in [2.24, 2.45) is 0 Å². The molecule has 0 saturated heterocycles. The normalized spacial score (nSPS) is 14.1. The fraction of sp³-hybridized carbons (Fsp3) is 0.429. The van der Waals surface area contributed by atoms with Crippen molar-refractivity contribution in [2.45, 2.75) is 10.3 Å². The van der Waals surface area contributed by atoms with Crippen LogP contribution < -0.4 is 4.72 Å². The highest BCUT2D eigenvalue weighted by molar-refractivity contribution is 7.91. The number of aliphatic hydroxyl groups is 2. The molecule has 1 rings (SSSR count). The lowest BCUT2D eigenvalue weighted by molar-refractivity contribution is 0.0988. The van der Waals surface area contributed by atoms with Gasteiger partial charge in [0.2, 0.25) is 10.0 Å². The van der Waals surface area contributed by atoms with Gasteiger partial charge in [-0.3, -0.25) is 0 Å². The summed E-state index contributed by atoms with van der Waals surface area (Å²) >= 11 is 6.52. The molecule has 0 aliphatic heterocycles. The molecule has 0 aliphatic rings. The van der Waals surface area contributed by atoms with Gasteiger partial charge in [0, 0.05) is 6.54 Å². The van der Waals surface area contributed by atoms with Crippen LogP contribution in [0, 0.1) is 0 Å². The van der Waals surface area contributed by atoms with Gasteiger partial charge in [0.25, 0.3) is 0 Å². The fourth-order valence-corrected chi connectivity index (χ4v) is 3.38. The van der Waals surface area contributed by atoms with Gasteiger partial charge in [-0.1, -0.05) is 11.6 Å². The second-order valence-corrected chi connectivity index (χ2v) is 6.46. The monoisotopic (exact) mass is 271 g/mol. The molecule has 1 aromatic heterocycles. The van der Waals surface area contributed by atoms with Crippen LogP contribution in [-0.4, -0.2) is 37.9 Å². The topological polar surface area (TPSA) is 86.6 Å². The van der Waals surface area contributed by atoms with Gasteiger partial charge in [-0.25, -0.2) is 13.1 Å². The zero-order valence-electron chi connectivity index (χ0n) is 7.55. The molecule has 0 saturated carbocycles. The summed E-state index contributed by atoms with van der Waals surface area (Å²) in [6, 6.07) is 2.85. The number of hydrogen-bond acceptors (Lipinski definition) is 5. The van der Waals surface area contributed by atoms with Crippen LogP contribution in [0.5, 0.6) is 0 Å². The minimum absolute atomic E-state index is 0.0811. The average Bonchev–Trinajstić information content (AvgIpc) is 2.62. The third-order valence-electron chi connectivity index (χ3n) is 1.53. The molecule has 3 N–H and O–H groups in total. The molecule has 1 atom stereocenters. The molecule has 0 aliphatic carbocycles. The Bertz CT molecular complexity index is 416. The molecule has 1 aromatic rings. The highest BCUT2D eigenvalue weighted by atomic mass is 35.5. The lowest BCUT2D eigenvalue weighted by atomic mass is 10.4. The third kappa shape index (κ3) is 3.71. The summed E-state index contributed by atoms with van der Waals surface area (Å²) in [4.78, 5) is 0. The molecule has 15 heavy (non-hydrogen) atoms. The Kier molecular flexibility index (Phi) is 4.50. The fourth-order valence-electron chi connectivity index (χ4n) is 0.784. The van der Waals surface area contributed by atoms with Crippen LogP contribution in [0.4, 0.5) is 0 Å². The molecule has 0 fully saturated rings. The summed E-state index contributed by atoms with van der Waals surface area (Å²) in [6.07, 6.45) is -1.10. The predicted octanol–water partition coefficient (Wildman–Crippen LogP) is 0.0330. The van der Waals surface area contributed by atoms with Crippen LogP contribution in [0.25, 0.3) is 0 Å². The van der Waals surface area contributed by atoms with E-state index in [1.165, 1.54) is 12.1 Å². The summed E-state index contributed by atoms with van der Waals surface area (Å²) in [5.74, 6) is 0. The number of sulfonamides is 1. The Morgan fingerprint density at radius 3 is 2.67 bits per heavy atom. The number of hydrogen-bond donors (Lipinski definition) is 3. The standard InChI is InChI=1S/C7H10ClNO4S2/c8-6-1-2-7(14-6)15(12,13)9-3-5(11)4-10/h1-2,5,9-11H,3-4H2. The summed E-state index contributed by atoms with van der Waals surface area (Å²) in [5, 5.41) is 17.5. The van der Waals surface area contributed by atoms with Crippen LogP contribution in [0.3, 0.4) is 0 Å². The molecule has 1 unspecified atom stereocenters. The van der Waals surface area contributed by atoms with Crippen molar-refractivity contribution in [3.8, 4) is 0 Å². The van der Waals surface area contributed by atoms with E-state index in [2.05, 4.69) is 4.72 Å². The second-order valence-electron chi connectivity index (χ2n) is 2.75. The zero-order valence-corrected chi connectivity index (χ0v) is 9.94. The zero-order chi connectivity index (χ0) is 11.5. The van der Waals surface area contributed by atoms with Gasteiger partial charge in [0.1, 0.15) is 4.21 Å². The van der Waals surface area contributed by atoms with Crippen molar-refractivity contribution in [1.82, 2.24) is 4.72 Å². The predicted molar refractivity (Wildman–Crippen MR) is 57.6 cm³/mol. The van der Waals surface area contributed by atoms with Gasteiger partial charge in [0.05, 0.1) is 17.0 Å². The van der Waals surface area contributed by atoms with E-state index < -0.39 is 22.7 Å². The first-order chi connectivity index (χ1) is 6.95. The minimum Gasteiger partial charge on any atom is -0.394 e. The molecule has 0 amide bonds. The first-order valence-electron chi connectivity index (χ1n) is 3.99. The van der Waals surface area contributed by atoms with Gasteiger partial charge in [0.15, 0.2) is 0 Å². The maximum atomic E-state index is 11.5. The van der Waals surface area contributed by atoms with Crippen LogP contribution in [0.2, 0.25) is 4.34 Å². The lowest BCUT2D eigenvalue weighted by Crippen LogP contribution is -2.33. The molecule has 0 bridgehead atoms. The molecule has 1 heterocycles. The Labute approximate surface area is 96.4 Å². The summed E-state index contributed by atoms with van der Waals surface area (Å²) in [7, 11) is -3.63. The Hall–Kier alpha value is -0.180. The first-order valence-corrected chi connectivity index (χ1v) is 6.67. The Morgan fingerprint density at radius 2 is 2.20 bits per heavy atom. The highest BCUT2D eigenvalue weighted by Crippen LogP contribution is 2.25. The molecule has 0 radical (unpaired) electrons. The Balaban J connectivity index is 2.68. The minimum atomic E-state index is -3.63. The van der Waals surface area contributed by atoms with Gasteiger partial charge >= 0.3 is 0 Å². The molecule has 86 valence electrons. The number of halogens is 1. The molecule has 8 heteroatoms. The van der Waals surface area contributed by atoms with Gasteiger partial charge in [-0.15, -0.1) is 11.3 Å². The summed E-state index contributed by atoms with van der Waals surface area (Å²) in [5.41, 5.74) is 0. The maximum absolute atomic E-state index is 11.5. The number of rotatable bonds is 5. The van der Waals surface area contributed by atoms with Crippen LogP contribution >= 0.6 is 22.9 Å². The molecular weight excluding hydrogens is 262 g/mol. The quantitative estimate of drug-likeness (QED) is 0.705. The average molecular weight is 272 g/mol. The SMILES string of the molecule is O=S(=O)(NCC(O)CO)c1ccc(Cl)s1. The van der Waals surface area contributed by atoms with E-state index in [4.69, 9.17) is 21.8 Å². The van der Waals surface area contributed by atoms with Gasteiger partial charge in [-0.2, -0.15) is 0 Å². The molecule has 0 aromatic carbocycles. The van der Waals surface area contributed by atoms with Crippen LogP contribution in [0.1, 0.15) is 0 Å². The number of nitrogens with one attached hydrogen (secondary N) is 1. The van der Waals surface area contributed by atoms with E-state index in [1.807, 2.05) is 0 Å². The first kappa shape index (κ1) is 12.9. The Morgan fingerprint density at radius 1 is 1.53 bits per heavy atom. The van der Waals surface area contributed by atoms with E-state index in [0.717, 1.165) is 11.3 Å². The summed E-state index contributed by atoms with van der Waals surface area (Å²) in [6.45, 7) is -0.720. The van der Waals surface area contributed by atoms with Crippen molar-refractivity contribution in [2.75, 3.05) is 13.2 Å². The summed E-state index contributed by atoms with van der Waals surface area (Å²) < 4.78 is 25.6. The van der Waals surface area contributed by atoms with E-state index >= 15 is 0 Å². The van der Waals surface area contributed by atoms with E-state index in [9.17, 15) is 8.42 Å². The van der Waals surface area contributed by atoms with Gasteiger partial charge < -0.3 is 10.2 Å². The second kappa shape index (κ2) is 5.24. The largest absolute Gasteiger partial charge is 0.394 e. The molecule has 0 spiro atoms. The number of aliphatic hydroxyl groups excluding tert-OH is 2. The molecule has 5 nitrogen and oxygen atoms in total. The van der Waals surface area contributed by atoms with Crippen molar-refractivity contribution in [3.05, 3.63) is 16.5 Å².